The fourth-order valence-electron chi connectivity index (χ4n) is 5.07. The zero-order chi connectivity index (χ0) is 23.4. The van der Waals surface area contributed by atoms with Gasteiger partial charge in [-0.2, -0.15) is 0 Å². The molecule has 0 amide bonds. The summed E-state index contributed by atoms with van der Waals surface area (Å²) in [4.78, 5) is 5.04. The van der Waals surface area contributed by atoms with E-state index in [4.69, 9.17) is 9.40 Å². The molecule has 0 fully saturated rings. The fraction of sp³-hybridized carbons (Fsp3) is 0.0312. The minimum atomic E-state index is 0.922. The molecule has 0 aliphatic carbocycles. The first-order valence-electron chi connectivity index (χ1n) is 11.8. The number of nitrogens with zero attached hydrogens (tertiary/aromatic N) is 2. The van der Waals surface area contributed by atoms with E-state index in [2.05, 4.69) is 115 Å². The molecule has 7 aromatic rings. The Hall–Kier alpha value is -4.63. The molecule has 2 aromatic heterocycles. The molecule has 0 N–H and O–H groups in total. The van der Waals surface area contributed by atoms with Crippen molar-refractivity contribution in [3.63, 3.8) is 0 Å². The van der Waals surface area contributed by atoms with E-state index in [1.807, 2.05) is 12.1 Å². The molecular weight excluding hydrogens is 428 g/mol. The smallest absolute Gasteiger partial charge is 0.145 e. The Morgan fingerprint density at radius 2 is 1.34 bits per heavy atom. The van der Waals surface area contributed by atoms with Crippen LogP contribution < -0.4 is 0 Å². The molecule has 0 spiro atoms. The lowest BCUT2D eigenvalue weighted by molar-refractivity contribution is 0.667. The fourth-order valence-corrected chi connectivity index (χ4v) is 5.07. The van der Waals surface area contributed by atoms with Crippen LogP contribution in [0.5, 0.6) is 0 Å². The van der Waals surface area contributed by atoms with Gasteiger partial charge in [0, 0.05) is 27.6 Å². The lowest BCUT2D eigenvalue weighted by Crippen LogP contribution is -1.97. The third kappa shape index (κ3) is 3.09. The van der Waals surface area contributed by atoms with Crippen molar-refractivity contribution in [1.82, 2.24) is 9.55 Å². The summed E-state index contributed by atoms with van der Waals surface area (Å²) < 4.78 is 8.67. The molecule has 3 heteroatoms. The molecule has 0 saturated carbocycles. The number of para-hydroxylation sites is 5. The second-order valence-corrected chi connectivity index (χ2v) is 8.91. The van der Waals surface area contributed by atoms with Gasteiger partial charge in [-0.15, -0.1) is 0 Å². The van der Waals surface area contributed by atoms with Gasteiger partial charge in [-0.3, -0.25) is 4.57 Å². The minimum Gasteiger partial charge on any atom is -0.455 e. The minimum absolute atomic E-state index is 0.922. The van der Waals surface area contributed by atoms with Crippen LogP contribution in [-0.2, 0) is 0 Å². The van der Waals surface area contributed by atoms with E-state index in [9.17, 15) is 0 Å². The van der Waals surface area contributed by atoms with E-state index in [1.165, 1.54) is 0 Å². The summed E-state index contributed by atoms with van der Waals surface area (Å²) in [6.45, 7) is 2.10. The lowest BCUT2D eigenvalue weighted by Gasteiger charge is -2.11. The Balaban J connectivity index is 1.46. The summed E-state index contributed by atoms with van der Waals surface area (Å²) in [6, 6.07) is 40.0. The third-order valence-electron chi connectivity index (χ3n) is 6.73. The normalized spacial score (nSPS) is 11.6. The molecule has 0 saturated heterocycles. The van der Waals surface area contributed by atoms with E-state index in [0.29, 0.717) is 0 Å². The molecule has 35 heavy (non-hydrogen) atoms. The van der Waals surface area contributed by atoms with Gasteiger partial charge in [0.25, 0.3) is 0 Å². The van der Waals surface area contributed by atoms with E-state index >= 15 is 0 Å². The molecule has 7 rings (SSSR count). The number of hydrogen-bond acceptors (Lipinski definition) is 2. The van der Waals surface area contributed by atoms with E-state index in [0.717, 1.165) is 66.7 Å². The van der Waals surface area contributed by atoms with Crippen molar-refractivity contribution < 1.29 is 4.42 Å². The largest absolute Gasteiger partial charge is 0.455 e. The summed E-state index contributed by atoms with van der Waals surface area (Å²) in [7, 11) is 0. The number of imidazole rings is 1. The number of furan rings is 1. The molecule has 0 atom stereocenters. The monoisotopic (exact) mass is 450 g/mol. The summed E-state index contributed by atoms with van der Waals surface area (Å²) in [6.07, 6.45) is 0. The standard InChI is InChI=1S/C32H22N2O/c1-21-10-7-16-26-27-17-9-15-25(31(27)35-30(21)26)22-11-8-12-23(20-22)32-33-28-18-5-6-19-29(28)34(32)24-13-3-2-4-14-24/h2-20H,1H3. The van der Waals surface area contributed by atoms with Crippen molar-refractivity contribution >= 4 is 33.0 Å². The van der Waals surface area contributed by atoms with Gasteiger partial charge < -0.3 is 4.42 Å². The van der Waals surface area contributed by atoms with Gasteiger partial charge in [0.2, 0.25) is 0 Å². The zero-order valence-corrected chi connectivity index (χ0v) is 19.3. The summed E-state index contributed by atoms with van der Waals surface area (Å²) in [5.74, 6) is 0.923. The van der Waals surface area contributed by atoms with Crippen LogP contribution in [0.15, 0.2) is 120 Å². The number of aromatic nitrogens is 2. The topological polar surface area (TPSA) is 31.0 Å². The molecule has 2 heterocycles. The van der Waals surface area contributed by atoms with Crippen LogP contribution >= 0.6 is 0 Å². The molecule has 0 aliphatic heterocycles. The maximum absolute atomic E-state index is 6.43. The summed E-state index contributed by atoms with van der Waals surface area (Å²) >= 11 is 0. The number of benzene rings is 5. The van der Waals surface area contributed by atoms with Crippen molar-refractivity contribution in [2.75, 3.05) is 0 Å². The van der Waals surface area contributed by atoms with Crippen molar-refractivity contribution in [1.29, 1.82) is 0 Å². The maximum Gasteiger partial charge on any atom is 0.145 e. The summed E-state index contributed by atoms with van der Waals surface area (Å²) in [5.41, 5.74) is 9.44. The quantitative estimate of drug-likeness (QED) is 0.270. The second kappa shape index (κ2) is 7.71. The predicted octanol–water partition coefficient (Wildman–Crippen LogP) is 8.57. The zero-order valence-electron chi connectivity index (χ0n) is 19.3. The Morgan fingerprint density at radius 1 is 0.629 bits per heavy atom. The van der Waals surface area contributed by atoms with Gasteiger partial charge in [-0.25, -0.2) is 4.98 Å². The van der Waals surface area contributed by atoms with E-state index < -0.39 is 0 Å². The van der Waals surface area contributed by atoms with Crippen LogP contribution in [0.4, 0.5) is 0 Å². The Kier molecular flexibility index (Phi) is 4.36. The molecule has 0 bridgehead atoms. The molecular formula is C32H22N2O. The van der Waals surface area contributed by atoms with E-state index in [1.54, 1.807) is 0 Å². The molecule has 5 aromatic carbocycles. The first-order chi connectivity index (χ1) is 17.3. The Morgan fingerprint density at radius 3 is 2.23 bits per heavy atom. The predicted molar refractivity (Wildman–Crippen MR) is 144 cm³/mol. The lowest BCUT2D eigenvalue weighted by atomic mass is 10.00. The Labute approximate surface area is 202 Å². The molecule has 0 radical (unpaired) electrons. The van der Waals surface area contributed by atoms with Gasteiger partial charge in [-0.1, -0.05) is 84.9 Å². The van der Waals surface area contributed by atoms with E-state index in [-0.39, 0.29) is 0 Å². The highest BCUT2D eigenvalue weighted by atomic mass is 16.3. The first-order valence-corrected chi connectivity index (χ1v) is 11.8. The van der Waals surface area contributed by atoms with Crippen LogP contribution in [0.2, 0.25) is 0 Å². The van der Waals surface area contributed by atoms with Gasteiger partial charge >= 0.3 is 0 Å². The highest BCUT2D eigenvalue weighted by Crippen LogP contribution is 2.38. The van der Waals surface area contributed by atoms with Crippen LogP contribution in [0, 0.1) is 6.92 Å². The van der Waals surface area contributed by atoms with Crippen molar-refractivity contribution in [3.8, 4) is 28.2 Å². The van der Waals surface area contributed by atoms with Crippen LogP contribution in [0.25, 0.3) is 61.2 Å². The first kappa shape index (κ1) is 19.8. The third-order valence-corrected chi connectivity index (χ3v) is 6.73. The van der Waals surface area contributed by atoms with Crippen LogP contribution in [0.1, 0.15) is 5.56 Å². The van der Waals surface area contributed by atoms with Crippen LogP contribution in [-0.4, -0.2) is 9.55 Å². The van der Waals surface area contributed by atoms with Gasteiger partial charge in [0.05, 0.1) is 11.0 Å². The second-order valence-electron chi connectivity index (χ2n) is 8.91. The maximum atomic E-state index is 6.43. The number of hydrogen-bond donors (Lipinski definition) is 0. The number of aryl methyl sites for hydroxylation is 1. The van der Waals surface area contributed by atoms with Crippen molar-refractivity contribution in [2.45, 2.75) is 6.92 Å². The van der Waals surface area contributed by atoms with Gasteiger partial charge in [0.15, 0.2) is 0 Å². The average Bonchev–Trinajstić information content (AvgIpc) is 3.49. The summed E-state index contributed by atoms with van der Waals surface area (Å²) in [5, 5.41) is 2.30. The SMILES string of the molecule is Cc1cccc2c1oc1c(-c3cccc(-c4nc5ccccc5n4-c4ccccc4)c3)cccc12. The molecule has 3 nitrogen and oxygen atoms in total. The molecule has 0 aliphatic rings. The highest BCUT2D eigenvalue weighted by Gasteiger charge is 2.17. The number of fused-ring (bicyclic) bond motifs is 4. The molecule has 166 valence electrons. The van der Waals surface area contributed by atoms with Gasteiger partial charge in [-0.05, 0) is 48.4 Å². The number of rotatable bonds is 3. The van der Waals surface area contributed by atoms with Crippen molar-refractivity contribution in [3.05, 3.63) is 121 Å². The Bertz CT molecular complexity index is 1860. The van der Waals surface area contributed by atoms with Crippen LogP contribution in [0.3, 0.4) is 0 Å². The average molecular weight is 451 g/mol. The van der Waals surface area contributed by atoms with Crippen molar-refractivity contribution in [2.24, 2.45) is 0 Å². The van der Waals surface area contributed by atoms with Gasteiger partial charge in [0.1, 0.15) is 17.0 Å². The molecule has 0 unspecified atom stereocenters. The highest BCUT2D eigenvalue weighted by molar-refractivity contribution is 6.10.